The fourth-order valence-corrected chi connectivity index (χ4v) is 2.83. The first-order valence-electron chi connectivity index (χ1n) is 7.21. The van der Waals surface area contributed by atoms with Crippen LogP contribution in [0.2, 0.25) is 0 Å². The molecule has 1 N–H and O–H groups in total. The molecule has 1 fully saturated rings. The Morgan fingerprint density at radius 2 is 2.24 bits per heavy atom. The lowest BCUT2D eigenvalue weighted by Crippen LogP contribution is -2.26. The van der Waals surface area contributed by atoms with Crippen LogP contribution in [0, 0.1) is 12.8 Å². The highest BCUT2D eigenvalue weighted by Gasteiger charge is 2.26. The molecule has 3 heterocycles. The fourth-order valence-electron chi connectivity index (χ4n) is 2.83. The number of aryl methyl sites for hydroxylation is 1. The lowest BCUT2D eigenvalue weighted by molar-refractivity contribution is -0.127. The molecule has 2 aromatic heterocycles. The van der Waals surface area contributed by atoms with Gasteiger partial charge >= 0.3 is 0 Å². The van der Waals surface area contributed by atoms with Crippen molar-refractivity contribution in [2.24, 2.45) is 5.92 Å². The maximum atomic E-state index is 11.4. The molecule has 3 rings (SSSR count). The second-order valence-electron chi connectivity index (χ2n) is 5.61. The van der Waals surface area contributed by atoms with Gasteiger partial charge in [-0.1, -0.05) is 0 Å². The van der Waals surface area contributed by atoms with E-state index in [0.717, 1.165) is 48.7 Å². The van der Waals surface area contributed by atoms with Crippen molar-refractivity contribution in [1.29, 1.82) is 0 Å². The number of aromatic nitrogens is 4. The summed E-state index contributed by atoms with van der Waals surface area (Å²) < 4.78 is 0. The Morgan fingerprint density at radius 1 is 1.43 bits per heavy atom. The molecule has 1 unspecified atom stereocenters. The minimum absolute atomic E-state index is 0.153. The summed E-state index contributed by atoms with van der Waals surface area (Å²) in [4.78, 5) is 22.2. The zero-order valence-corrected chi connectivity index (χ0v) is 12.3. The molecular formula is C15H19N5O. The molecule has 1 atom stereocenters. The van der Waals surface area contributed by atoms with Crippen LogP contribution < -0.4 is 0 Å². The number of H-pyrrole nitrogens is 1. The van der Waals surface area contributed by atoms with E-state index in [1.54, 1.807) is 19.3 Å². The van der Waals surface area contributed by atoms with Crippen molar-refractivity contribution < 1.29 is 4.79 Å². The van der Waals surface area contributed by atoms with Crippen LogP contribution in [-0.4, -0.2) is 44.1 Å². The molecular weight excluding hydrogens is 266 g/mol. The van der Waals surface area contributed by atoms with Gasteiger partial charge in [-0.3, -0.25) is 19.9 Å². The van der Waals surface area contributed by atoms with E-state index in [0.29, 0.717) is 5.92 Å². The van der Waals surface area contributed by atoms with Crippen molar-refractivity contribution in [2.45, 2.75) is 26.7 Å². The van der Waals surface area contributed by atoms with Gasteiger partial charge in [-0.15, -0.1) is 0 Å². The lowest BCUT2D eigenvalue weighted by atomic mass is 10.0. The minimum atomic E-state index is 0.153. The average Bonchev–Trinajstić information content (AvgIpc) is 3.09. The first-order chi connectivity index (χ1) is 10.1. The molecule has 1 aliphatic rings. The van der Waals surface area contributed by atoms with E-state index >= 15 is 0 Å². The molecule has 0 spiro atoms. The van der Waals surface area contributed by atoms with Crippen molar-refractivity contribution in [2.75, 3.05) is 13.1 Å². The molecule has 0 aliphatic carbocycles. The molecule has 6 heteroatoms. The third-order valence-electron chi connectivity index (χ3n) is 3.94. The van der Waals surface area contributed by atoms with Crippen LogP contribution >= 0.6 is 0 Å². The van der Waals surface area contributed by atoms with Gasteiger partial charge in [-0.2, -0.15) is 5.10 Å². The predicted octanol–water partition coefficient (Wildman–Crippen LogP) is 1.59. The molecule has 21 heavy (non-hydrogen) atoms. The summed E-state index contributed by atoms with van der Waals surface area (Å²) in [5.74, 6) is 0.601. The number of hydrogen-bond donors (Lipinski definition) is 1. The van der Waals surface area contributed by atoms with E-state index in [9.17, 15) is 4.79 Å². The van der Waals surface area contributed by atoms with Crippen LogP contribution in [0.1, 0.15) is 24.7 Å². The molecule has 1 aliphatic heterocycles. The number of likely N-dealkylation sites (tertiary alicyclic amines) is 1. The van der Waals surface area contributed by atoms with Gasteiger partial charge in [-0.05, 0) is 31.7 Å². The Kier molecular flexibility index (Phi) is 3.68. The van der Waals surface area contributed by atoms with Crippen LogP contribution in [0.15, 0.2) is 18.5 Å². The summed E-state index contributed by atoms with van der Waals surface area (Å²) in [7, 11) is 0. The van der Waals surface area contributed by atoms with Gasteiger partial charge < -0.3 is 4.90 Å². The van der Waals surface area contributed by atoms with Gasteiger partial charge in [0, 0.05) is 38.1 Å². The van der Waals surface area contributed by atoms with Gasteiger partial charge in [0.05, 0.1) is 5.69 Å². The molecule has 0 aromatic carbocycles. The number of carbonyl (C=O) groups excluding carboxylic acids is 1. The largest absolute Gasteiger partial charge is 0.343 e. The highest BCUT2D eigenvalue weighted by molar-refractivity contribution is 5.73. The molecule has 0 bridgehead atoms. The Balaban J connectivity index is 1.79. The lowest BCUT2D eigenvalue weighted by Gasteiger charge is -2.14. The van der Waals surface area contributed by atoms with Gasteiger partial charge in [0.25, 0.3) is 0 Å². The van der Waals surface area contributed by atoms with Gasteiger partial charge in [0.1, 0.15) is 11.4 Å². The van der Waals surface area contributed by atoms with E-state index in [-0.39, 0.29) is 5.91 Å². The van der Waals surface area contributed by atoms with Crippen molar-refractivity contribution in [1.82, 2.24) is 25.1 Å². The van der Waals surface area contributed by atoms with Gasteiger partial charge in [-0.25, -0.2) is 0 Å². The smallest absolute Gasteiger partial charge is 0.219 e. The van der Waals surface area contributed by atoms with E-state index in [4.69, 9.17) is 0 Å². The molecule has 0 radical (unpaired) electrons. The van der Waals surface area contributed by atoms with Crippen molar-refractivity contribution in [3.8, 4) is 11.4 Å². The third-order valence-corrected chi connectivity index (χ3v) is 3.94. The SMILES string of the molecule is CC(=O)N1CCC(Cc2nccnc2-c2cc(C)[nH]n2)C1. The second-order valence-corrected chi connectivity index (χ2v) is 5.61. The van der Waals surface area contributed by atoms with Crippen LogP contribution in [0.25, 0.3) is 11.4 Å². The van der Waals surface area contributed by atoms with Crippen LogP contribution in [0.5, 0.6) is 0 Å². The highest BCUT2D eigenvalue weighted by Crippen LogP contribution is 2.25. The average molecular weight is 285 g/mol. The van der Waals surface area contributed by atoms with Gasteiger partial charge in [0.15, 0.2) is 0 Å². The molecule has 2 aromatic rings. The zero-order chi connectivity index (χ0) is 14.8. The third kappa shape index (κ3) is 2.94. The summed E-state index contributed by atoms with van der Waals surface area (Å²) in [5.41, 5.74) is 3.63. The summed E-state index contributed by atoms with van der Waals surface area (Å²) in [5, 5.41) is 7.21. The summed E-state index contributed by atoms with van der Waals surface area (Å²) in [6.45, 7) is 5.25. The second kappa shape index (κ2) is 5.63. The Labute approximate surface area is 123 Å². The number of amides is 1. The molecule has 1 saturated heterocycles. The van der Waals surface area contributed by atoms with E-state index < -0.39 is 0 Å². The predicted molar refractivity (Wildman–Crippen MR) is 78.4 cm³/mol. The standard InChI is InChI=1S/C15H19N5O/c1-10-7-14(19-18-10)15-13(16-4-5-17-15)8-12-3-6-20(9-12)11(2)21/h4-5,7,12H,3,6,8-9H2,1-2H3,(H,18,19). The minimum Gasteiger partial charge on any atom is -0.343 e. The van der Waals surface area contributed by atoms with Gasteiger partial charge in [0.2, 0.25) is 5.91 Å². The number of carbonyl (C=O) groups is 1. The zero-order valence-electron chi connectivity index (χ0n) is 12.3. The molecule has 110 valence electrons. The molecule has 1 amide bonds. The normalized spacial score (nSPS) is 18.2. The number of rotatable bonds is 3. The maximum Gasteiger partial charge on any atom is 0.219 e. The summed E-state index contributed by atoms with van der Waals surface area (Å²) >= 11 is 0. The summed E-state index contributed by atoms with van der Waals surface area (Å²) in [6.07, 6.45) is 5.27. The Hall–Kier alpha value is -2.24. The van der Waals surface area contributed by atoms with E-state index in [1.165, 1.54) is 0 Å². The van der Waals surface area contributed by atoms with Crippen LogP contribution in [0.4, 0.5) is 0 Å². The summed E-state index contributed by atoms with van der Waals surface area (Å²) in [6, 6.07) is 1.98. The number of aromatic amines is 1. The monoisotopic (exact) mass is 285 g/mol. The molecule has 0 saturated carbocycles. The van der Waals surface area contributed by atoms with E-state index in [2.05, 4.69) is 20.2 Å². The first-order valence-corrected chi connectivity index (χ1v) is 7.21. The quantitative estimate of drug-likeness (QED) is 0.929. The topological polar surface area (TPSA) is 74.8 Å². The van der Waals surface area contributed by atoms with Crippen LogP contribution in [0.3, 0.4) is 0 Å². The first kappa shape index (κ1) is 13.7. The Morgan fingerprint density at radius 3 is 2.90 bits per heavy atom. The highest BCUT2D eigenvalue weighted by atomic mass is 16.2. The van der Waals surface area contributed by atoms with Crippen LogP contribution in [-0.2, 0) is 11.2 Å². The number of nitrogens with zero attached hydrogens (tertiary/aromatic N) is 4. The Bertz CT molecular complexity index is 651. The fraction of sp³-hybridized carbons (Fsp3) is 0.467. The van der Waals surface area contributed by atoms with Crippen molar-refractivity contribution in [3.05, 3.63) is 29.8 Å². The number of nitrogens with one attached hydrogen (secondary N) is 1. The van der Waals surface area contributed by atoms with Crippen molar-refractivity contribution in [3.63, 3.8) is 0 Å². The van der Waals surface area contributed by atoms with Crippen molar-refractivity contribution >= 4 is 5.91 Å². The number of hydrogen-bond acceptors (Lipinski definition) is 4. The maximum absolute atomic E-state index is 11.4. The molecule has 6 nitrogen and oxygen atoms in total. The van der Waals surface area contributed by atoms with E-state index in [1.807, 2.05) is 17.9 Å².